The Morgan fingerprint density at radius 3 is 2.65 bits per heavy atom. The third kappa shape index (κ3) is 4.63. The molecule has 0 saturated carbocycles. The highest BCUT2D eigenvalue weighted by Gasteiger charge is 2.19. The molecule has 0 unspecified atom stereocenters. The number of hydrogen-bond acceptors (Lipinski definition) is 6. The Balaban J connectivity index is 2.42. The molecule has 0 spiro atoms. The molecule has 9 nitrogen and oxygen atoms in total. The molecule has 134 valence electrons. The third-order valence-electron chi connectivity index (χ3n) is 3.12. The molecule has 2 amide bonds. The van der Waals surface area contributed by atoms with Gasteiger partial charge in [-0.2, -0.15) is 0 Å². The third-order valence-corrected chi connectivity index (χ3v) is 3.12. The van der Waals surface area contributed by atoms with Crippen LogP contribution in [0.4, 0.5) is 17.1 Å². The zero-order valence-electron chi connectivity index (χ0n) is 14.1. The number of aromatic nitrogens is 1. The smallest absolute Gasteiger partial charge is 0.331 e. The molecule has 0 aliphatic heterocycles. The maximum absolute atomic E-state index is 11.4. The number of carbonyl (C=O) groups is 2. The van der Waals surface area contributed by atoms with Gasteiger partial charge in [-0.15, -0.1) is 0 Å². The monoisotopic (exact) mass is 356 g/mol. The van der Waals surface area contributed by atoms with Crippen LogP contribution in [0.5, 0.6) is 11.6 Å². The fourth-order valence-corrected chi connectivity index (χ4v) is 2.03. The number of carbonyl (C=O) groups excluding carboxylic acids is 2. The Hall–Kier alpha value is -3.75. The second-order valence-electron chi connectivity index (χ2n) is 5.28. The van der Waals surface area contributed by atoms with E-state index in [0.29, 0.717) is 11.3 Å². The first-order valence-electron chi connectivity index (χ1n) is 7.44. The molecule has 2 N–H and O–H groups in total. The zero-order valence-corrected chi connectivity index (χ0v) is 14.1. The molecular formula is C17H16N4O5. The van der Waals surface area contributed by atoms with Crippen molar-refractivity contribution >= 4 is 28.9 Å². The van der Waals surface area contributed by atoms with Crippen molar-refractivity contribution in [3.05, 3.63) is 58.8 Å². The van der Waals surface area contributed by atoms with Crippen molar-refractivity contribution < 1.29 is 19.2 Å². The summed E-state index contributed by atoms with van der Waals surface area (Å²) in [4.78, 5) is 37.4. The summed E-state index contributed by atoms with van der Waals surface area (Å²) in [7, 11) is 0. The SMILES string of the molecule is C=CC(=O)Nc1ccc(Oc2ncc(C)cc2[N+](=O)[O-])c(NC(C)=O)c1. The summed E-state index contributed by atoms with van der Waals surface area (Å²) in [5, 5.41) is 16.3. The largest absolute Gasteiger partial charge is 0.431 e. The maximum Gasteiger partial charge on any atom is 0.331 e. The molecule has 1 aromatic heterocycles. The van der Waals surface area contributed by atoms with E-state index in [1.165, 1.54) is 37.4 Å². The van der Waals surface area contributed by atoms with Crippen LogP contribution in [0.1, 0.15) is 12.5 Å². The van der Waals surface area contributed by atoms with Crippen LogP contribution in [0.25, 0.3) is 0 Å². The van der Waals surface area contributed by atoms with Crippen molar-refractivity contribution in [1.82, 2.24) is 4.98 Å². The van der Waals surface area contributed by atoms with Gasteiger partial charge in [-0.25, -0.2) is 4.98 Å². The molecule has 2 aromatic rings. The van der Waals surface area contributed by atoms with Crippen LogP contribution >= 0.6 is 0 Å². The Morgan fingerprint density at radius 1 is 1.31 bits per heavy atom. The molecule has 1 heterocycles. The van der Waals surface area contributed by atoms with Crippen molar-refractivity contribution in [3.8, 4) is 11.6 Å². The Kier molecular flexibility index (Phi) is 5.63. The number of aryl methyl sites for hydroxylation is 1. The topological polar surface area (TPSA) is 123 Å². The van der Waals surface area contributed by atoms with Crippen molar-refractivity contribution in [2.75, 3.05) is 10.6 Å². The van der Waals surface area contributed by atoms with Crippen LogP contribution in [0.2, 0.25) is 0 Å². The summed E-state index contributed by atoms with van der Waals surface area (Å²) in [5.74, 6) is -0.886. The molecule has 1 aromatic carbocycles. The fraction of sp³-hybridized carbons (Fsp3) is 0.118. The molecule has 0 aliphatic rings. The molecule has 0 radical (unpaired) electrons. The van der Waals surface area contributed by atoms with E-state index < -0.39 is 10.8 Å². The van der Waals surface area contributed by atoms with Crippen LogP contribution in [0.3, 0.4) is 0 Å². The van der Waals surface area contributed by atoms with Crippen LogP contribution in [-0.2, 0) is 9.59 Å². The number of nitrogens with one attached hydrogen (secondary N) is 2. The lowest BCUT2D eigenvalue weighted by atomic mass is 10.2. The van der Waals surface area contributed by atoms with E-state index >= 15 is 0 Å². The summed E-state index contributed by atoms with van der Waals surface area (Å²) < 4.78 is 5.54. The van der Waals surface area contributed by atoms with Crippen molar-refractivity contribution in [2.24, 2.45) is 0 Å². The summed E-state index contributed by atoms with van der Waals surface area (Å²) in [6, 6.07) is 5.76. The molecule has 0 bridgehead atoms. The van der Waals surface area contributed by atoms with Gasteiger partial charge >= 0.3 is 5.69 Å². The molecular weight excluding hydrogens is 340 g/mol. The van der Waals surface area contributed by atoms with E-state index in [1.807, 2.05) is 0 Å². The van der Waals surface area contributed by atoms with Crippen molar-refractivity contribution in [1.29, 1.82) is 0 Å². The van der Waals surface area contributed by atoms with Crippen LogP contribution < -0.4 is 15.4 Å². The molecule has 0 fully saturated rings. The quantitative estimate of drug-likeness (QED) is 0.465. The Bertz CT molecular complexity index is 895. The summed E-state index contributed by atoms with van der Waals surface area (Å²) in [6.45, 7) is 6.32. The first-order chi connectivity index (χ1) is 12.3. The minimum Gasteiger partial charge on any atom is -0.431 e. The van der Waals surface area contributed by atoms with Gasteiger partial charge in [-0.05, 0) is 36.8 Å². The van der Waals surface area contributed by atoms with Gasteiger partial charge in [-0.3, -0.25) is 19.7 Å². The number of nitrogens with zero attached hydrogens (tertiary/aromatic N) is 2. The van der Waals surface area contributed by atoms with Crippen LogP contribution in [0.15, 0.2) is 43.1 Å². The molecule has 9 heteroatoms. The molecule has 26 heavy (non-hydrogen) atoms. The van der Waals surface area contributed by atoms with E-state index in [-0.39, 0.29) is 28.9 Å². The minimum absolute atomic E-state index is 0.135. The normalized spacial score (nSPS) is 9.92. The minimum atomic E-state index is -0.605. The average Bonchev–Trinajstić information content (AvgIpc) is 2.57. The second-order valence-corrected chi connectivity index (χ2v) is 5.28. The van der Waals surface area contributed by atoms with Crippen molar-refractivity contribution in [3.63, 3.8) is 0 Å². The van der Waals surface area contributed by atoms with Gasteiger partial charge in [0, 0.05) is 24.9 Å². The maximum atomic E-state index is 11.4. The summed E-state index contributed by atoms with van der Waals surface area (Å²) in [5.41, 5.74) is 0.907. The highest BCUT2D eigenvalue weighted by molar-refractivity contribution is 6.00. The number of ether oxygens (including phenoxy) is 1. The standard InChI is InChI=1S/C17H16N4O5/c1-4-16(23)20-12-5-6-15(13(8-12)19-11(3)22)26-17-14(21(24)25)7-10(2)9-18-17/h4-9H,1H2,2-3H3,(H,19,22)(H,20,23). The number of hydrogen-bond donors (Lipinski definition) is 2. The number of nitro groups is 1. The molecule has 0 atom stereocenters. The highest BCUT2D eigenvalue weighted by Crippen LogP contribution is 2.35. The molecule has 0 aliphatic carbocycles. The van der Waals surface area contributed by atoms with Crippen LogP contribution in [0, 0.1) is 17.0 Å². The predicted octanol–water partition coefficient (Wildman–Crippen LogP) is 3.17. The Morgan fingerprint density at radius 2 is 2.04 bits per heavy atom. The van der Waals surface area contributed by atoms with Gasteiger partial charge < -0.3 is 15.4 Å². The lowest BCUT2D eigenvalue weighted by molar-refractivity contribution is -0.386. The lowest BCUT2D eigenvalue weighted by Gasteiger charge is -2.13. The van der Waals surface area contributed by atoms with E-state index in [1.54, 1.807) is 6.92 Å². The summed E-state index contributed by atoms with van der Waals surface area (Å²) >= 11 is 0. The first-order valence-corrected chi connectivity index (χ1v) is 7.44. The first kappa shape index (κ1) is 18.6. The zero-order chi connectivity index (χ0) is 19.3. The van der Waals surface area contributed by atoms with E-state index in [9.17, 15) is 19.7 Å². The van der Waals surface area contributed by atoms with Gasteiger partial charge in [0.2, 0.25) is 11.8 Å². The second kappa shape index (κ2) is 7.88. The lowest BCUT2D eigenvalue weighted by Crippen LogP contribution is -2.10. The van der Waals surface area contributed by atoms with E-state index in [2.05, 4.69) is 22.2 Å². The molecule has 2 rings (SSSR count). The number of pyridine rings is 1. The fourth-order valence-electron chi connectivity index (χ4n) is 2.03. The van der Waals surface area contributed by atoms with Gasteiger partial charge in [0.05, 0.1) is 10.6 Å². The van der Waals surface area contributed by atoms with Gasteiger partial charge in [0.25, 0.3) is 5.88 Å². The van der Waals surface area contributed by atoms with Crippen molar-refractivity contribution in [2.45, 2.75) is 13.8 Å². The molecule has 0 saturated heterocycles. The van der Waals surface area contributed by atoms with E-state index in [0.717, 1.165) is 6.08 Å². The predicted molar refractivity (Wildman–Crippen MR) is 95.3 cm³/mol. The number of rotatable bonds is 6. The van der Waals surface area contributed by atoms with Gasteiger partial charge in [0.1, 0.15) is 0 Å². The Labute approximate surface area is 148 Å². The summed E-state index contributed by atoms with van der Waals surface area (Å²) in [6.07, 6.45) is 2.53. The van der Waals surface area contributed by atoms with Gasteiger partial charge in [-0.1, -0.05) is 6.58 Å². The van der Waals surface area contributed by atoms with Crippen LogP contribution in [-0.4, -0.2) is 21.7 Å². The number of benzene rings is 1. The van der Waals surface area contributed by atoms with Gasteiger partial charge in [0.15, 0.2) is 5.75 Å². The highest BCUT2D eigenvalue weighted by atomic mass is 16.6. The average molecular weight is 356 g/mol. The number of amides is 2. The van der Waals surface area contributed by atoms with E-state index in [4.69, 9.17) is 4.74 Å². The number of anilines is 2.